The van der Waals surface area contributed by atoms with Gasteiger partial charge < -0.3 is 15.0 Å². The van der Waals surface area contributed by atoms with Crippen molar-refractivity contribution >= 4 is 16.9 Å². The maximum atomic E-state index is 5.32. The fraction of sp³-hybridized carbons (Fsp3) is 0.348. The van der Waals surface area contributed by atoms with Gasteiger partial charge in [0.15, 0.2) is 0 Å². The second-order valence-corrected chi connectivity index (χ2v) is 8.25. The number of aromatic amines is 1. The van der Waals surface area contributed by atoms with Crippen molar-refractivity contribution in [3.05, 3.63) is 65.7 Å². The van der Waals surface area contributed by atoms with Crippen LogP contribution in [-0.4, -0.2) is 31.8 Å². The summed E-state index contributed by atoms with van der Waals surface area (Å²) in [6, 6.07) is 13.0. The Hall–Kier alpha value is -3.35. The summed E-state index contributed by atoms with van der Waals surface area (Å²) in [6.45, 7) is 0. The molecule has 30 heavy (non-hydrogen) atoms. The Balaban J connectivity index is 1.42. The molecule has 1 saturated carbocycles. The fourth-order valence-electron chi connectivity index (χ4n) is 4.65. The summed E-state index contributed by atoms with van der Waals surface area (Å²) in [5.41, 5.74) is 4.85. The summed E-state index contributed by atoms with van der Waals surface area (Å²) in [7, 11) is 1.65. The van der Waals surface area contributed by atoms with Crippen molar-refractivity contribution < 1.29 is 4.74 Å². The van der Waals surface area contributed by atoms with Crippen LogP contribution in [0.3, 0.4) is 0 Å². The largest absolute Gasteiger partial charge is 0.480 e. The Kier molecular flexibility index (Phi) is 4.00. The number of fused-ring (bicyclic) bond motifs is 2. The molecule has 0 saturated heterocycles. The number of anilines is 1. The van der Waals surface area contributed by atoms with Gasteiger partial charge in [-0.3, -0.25) is 4.68 Å². The predicted molar refractivity (Wildman–Crippen MR) is 115 cm³/mol. The molecule has 4 aromatic rings. The third kappa shape index (κ3) is 2.93. The summed E-state index contributed by atoms with van der Waals surface area (Å²) in [5.74, 6) is 2.15. The number of nitrogens with one attached hydrogen (secondary N) is 2. The van der Waals surface area contributed by atoms with E-state index in [-0.39, 0.29) is 12.1 Å². The second kappa shape index (κ2) is 6.86. The first-order valence-electron chi connectivity index (χ1n) is 10.6. The van der Waals surface area contributed by atoms with Crippen LogP contribution in [0, 0.1) is 0 Å². The number of rotatable bonds is 5. The highest BCUT2D eigenvalue weighted by atomic mass is 16.5. The summed E-state index contributed by atoms with van der Waals surface area (Å²) in [5, 5.41) is 9.44. The highest BCUT2D eigenvalue weighted by Crippen LogP contribution is 2.43. The van der Waals surface area contributed by atoms with Crippen LogP contribution in [0.25, 0.3) is 11.0 Å². The van der Waals surface area contributed by atoms with Crippen LogP contribution in [0.1, 0.15) is 54.1 Å². The average Bonchev–Trinajstić information content (AvgIpc) is 3.35. The molecule has 2 unspecified atom stereocenters. The number of aryl methyl sites for hydroxylation is 1. The van der Waals surface area contributed by atoms with Gasteiger partial charge in [-0.05, 0) is 48.8 Å². The van der Waals surface area contributed by atoms with Gasteiger partial charge in [-0.25, -0.2) is 9.97 Å². The van der Waals surface area contributed by atoms with Gasteiger partial charge in [0.25, 0.3) is 0 Å². The van der Waals surface area contributed by atoms with Crippen LogP contribution < -0.4 is 10.1 Å². The van der Waals surface area contributed by atoms with Gasteiger partial charge in [0.1, 0.15) is 17.8 Å². The Bertz CT molecular complexity index is 1210. The second-order valence-electron chi connectivity index (χ2n) is 8.25. The lowest BCUT2D eigenvalue weighted by Gasteiger charge is -2.34. The van der Waals surface area contributed by atoms with Crippen LogP contribution in [0.15, 0.2) is 48.9 Å². The standard InChI is InChI=1S/C23H24N6O/c1-30-20-10-11-29(28-20)19-9-8-14-4-2-3-5-16(14)21(19)27-23-17-12-18(15-6-7-15)26-22(17)24-13-25-23/h2-5,10-13,15,19,21H,6-9H2,1H3,(H2,24,25,26,27). The number of H-pyrrole nitrogens is 1. The van der Waals surface area contributed by atoms with E-state index in [1.54, 1.807) is 13.4 Å². The summed E-state index contributed by atoms with van der Waals surface area (Å²) in [4.78, 5) is 12.6. The SMILES string of the molecule is COc1ccn(C2CCc3ccccc3C2Nc2ncnc3[nH]c(C4CC4)cc23)n1. The van der Waals surface area contributed by atoms with Crippen molar-refractivity contribution in [1.82, 2.24) is 24.7 Å². The van der Waals surface area contributed by atoms with E-state index in [0.29, 0.717) is 11.8 Å². The lowest BCUT2D eigenvalue weighted by atomic mass is 9.84. The van der Waals surface area contributed by atoms with E-state index >= 15 is 0 Å². The summed E-state index contributed by atoms with van der Waals surface area (Å²) >= 11 is 0. The third-order valence-corrected chi connectivity index (χ3v) is 6.37. The molecule has 1 aromatic carbocycles. The van der Waals surface area contributed by atoms with E-state index in [1.807, 2.05) is 16.9 Å². The topological polar surface area (TPSA) is 80.6 Å². The first-order chi connectivity index (χ1) is 14.8. The van der Waals surface area contributed by atoms with Crippen LogP contribution in [-0.2, 0) is 6.42 Å². The van der Waals surface area contributed by atoms with Crippen molar-refractivity contribution in [3.8, 4) is 5.88 Å². The minimum atomic E-state index is 0.0527. The van der Waals surface area contributed by atoms with E-state index in [2.05, 4.69) is 55.7 Å². The monoisotopic (exact) mass is 400 g/mol. The average molecular weight is 400 g/mol. The molecule has 0 spiro atoms. The molecule has 7 heteroatoms. The molecule has 0 bridgehead atoms. The zero-order valence-corrected chi connectivity index (χ0v) is 16.9. The minimum Gasteiger partial charge on any atom is -0.480 e. The first kappa shape index (κ1) is 17.5. The molecule has 0 aliphatic heterocycles. The smallest absolute Gasteiger partial charge is 0.232 e. The number of ether oxygens (including phenoxy) is 1. The third-order valence-electron chi connectivity index (χ3n) is 6.37. The molecule has 6 rings (SSSR count). The van der Waals surface area contributed by atoms with E-state index in [4.69, 9.17) is 4.74 Å². The summed E-state index contributed by atoms with van der Waals surface area (Å²) < 4.78 is 7.35. The van der Waals surface area contributed by atoms with Gasteiger partial charge in [0.05, 0.1) is 24.6 Å². The van der Waals surface area contributed by atoms with Crippen molar-refractivity contribution in [2.24, 2.45) is 0 Å². The fourth-order valence-corrected chi connectivity index (χ4v) is 4.65. The minimum absolute atomic E-state index is 0.0527. The van der Waals surface area contributed by atoms with Crippen molar-refractivity contribution in [2.75, 3.05) is 12.4 Å². The number of hydrogen-bond acceptors (Lipinski definition) is 5. The van der Waals surface area contributed by atoms with Gasteiger partial charge >= 0.3 is 0 Å². The Labute approximate surface area is 174 Å². The zero-order chi connectivity index (χ0) is 20.1. The van der Waals surface area contributed by atoms with E-state index in [0.717, 1.165) is 29.7 Å². The molecular formula is C23H24N6O. The number of methoxy groups -OCH3 is 1. The zero-order valence-electron chi connectivity index (χ0n) is 16.9. The Morgan fingerprint density at radius 1 is 1.13 bits per heavy atom. The molecule has 0 radical (unpaired) electrons. The molecule has 2 N–H and O–H groups in total. The number of aromatic nitrogens is 5. The normalized spacial score (nSPS) is 20.8. The molecule has 2 aliphatic carbocycles. The highest BCUT2D eigenvalue weighted by Gasteiger charge is 2.32. The van der Waals surface area contributed by atoms with Gasteiger partial charge in [0, 0.05) is 18.0 Å². The maximum Gasteiger partial charge on any atom is 0.232 e. The number of benzene rings is 1. The van der Waals surface area contributed by atoms with Crippen LogP contribution in [0.4, 0.5) is 5.82 Å². The van der Waals surface area contributed by atoms with E-state index in [9.17, 15) is 0 Å². The van der Waals surface area contributed by atoms with Crippen LogP contribution >= 0.6 is 0 Å². The molecule has 2 atom stereocenters. The molecule has 152 valence electrons. The Morgan fingerprint density at radius 3 is 2.87 bits per heavy atom. The van der Waals surface area contributed by atoms with Crippen LogP contribution in [0.5, 0.6) is 5.88 Å². The van der Waals surface area contributed by atoms with Crippen molar-refractivity contribution in [1.29, 1.82) is 0 Å². The Morgan fingerprint density at radius 2 is 2.03 bits per heavy atom. The molecule has 0 amide bonds. The van der Waals surface area contributed by atoms with Crippen molar-refractivity contribution in [3.63, 3.8) is 0 Å². The quantitative estimate of drug-likeness (QED) is 0.520. The highest BCUT2D eigenvalue weighted by molar-refractivity contribution is 5.88. The molecule has 7 nitrogen and oxygen atoms in total. The van der Waals surface area contributed by atoms with Crippen LogP contribution in [0.2, 0.25) is 0 Å². The molecule has 3 heterocycles. The van der Waals surface area contributed by atoms with E-state index < -0.39 is 0 Å². The van der Waals surface area contributed by atoms with Gasteiger partial charge in [-0.15, -0.1) is 5.10 Å². The predicted octanol–water partition coefficient (Wildman–Crippen LogP) is 4.38. The van der Waals surface area contributed by atoms with Crippen molar-refractivity contribution in [2.45, 2.75) is 43.7 Å². The molecule has 2 aliphatic rings. The van der Waals surface area contributed by atoms with Gasteiger partial charge in [-0.1, -0.05) is 24.3 Å². The van der Waals surface area contributed by atoms with Gasteiger partial charge in [-0.2, -0.15) is 0 Å². The number of hydrogen-bond donors (Lipinski definition) is 2. The summed E-state index contributed by atoms with van der Waals surface area (Å²) in [6.07, 6.45) is 8.16. The van der Waals surface area contributed by atoms with E-state index in [1.165, 1.54) is 29.7 Å². The molecule has 3 aromatic heterocycles. The number of nitrogens with zero attached hydrogens (tertiary/aromatic N) is 4. The molecular weight excluding hydrogens is 376 g/mol. The lowest BCUT2D eigenvalue weighted by Crippen LogP contribution is -2.30. The maximum absolute atomic E-state index is 5.32. The van der Waals surface area contributed by atoms with Gasteiger partial charge in [0.2, 0.25) is 5.88 Å². The lowest BCUT2D eigenvalue weighted by molar-refractivity contribution is 0.336. The first-order valence-corrected chi connectivity index (χ1v) is 10.6. The molecule has 1 fully saturated rings.